The molecule has 0 saturated carbocycles. The number of amides is 1. The molecule has 0 bridgehead atoms. The van der Waals surface area contributed by atoms with E-state index in [2.05, 4.69) is 4.90 Å². The van der Waals surface area contributed by atoms with Gasteiger partial charge in [0.15, 0.2) is 29.1 Å². The number of rotatable bonds is 7. The Hall–Kier alpha value is -4.24. The van der Waals surface area contributed by atoms with Gasteiger partial charge in [0, 0.05) is 23.3 Å². The lowest BCUT2D eigenvalue weighted by Crippen LogP contribution is -2.41. The quantitative estimate of drug-likeness (QED) is 0.227. The van der Waals surface area contributed by atoms with E-state index in [1.165, 1.54) is 54.9 Å². The molecule has 5 nitrogen and oxygen atoms in total. The van der Waals surface area contributed by atoms with E-state index in [-0.39, 0.29) is 41.3 Å². The number of ether oxygens (including phenoxy) is 1. The van der Waals surface area contributed by atoms with E-state index in [4.69, 9.17) is 4.74 Å². The number of likely N-dealkylation sites (tertiary alicyclic amines) is 2. The van der Waals surface area contributed by atoms with Crippen LogP contribution in [0.5, 0.6) is 5.75 Å². The van der Waals surface area contributed by atoms with Crippen LogP contribution < -0.4 is 4.74 Å². The summed E-state index contributed by atoms with van der Waals surface area (Å²) in [5.41, 5.74) is 1.17. The first-order valence-corrected chi connectivity index (χ1v) is 14.4. The van der Waals surface area contributed by atoms with Gasteiger partial charge in [0.2, 0.25) is 0 Å². The van der Waals surface area contributed by atoms with Gasteiger partial charge in [-0.15, -0.1) is 0 Å². The third kappa shape index (κ3) is 7.78. The Morgan fingerprint density at radius 2 is 1.26 bits per heavy atom. The fourth-order valence-corrected chi connectivity index (χ4v) is 5.32. The number of ketones is 1. The van der Waals surface area contributed by atoms with Crippen molar-refractivity contribution in [1.29, 1.82) is 0 Å². The van der Waals surface area contributed by atoms with Gasteiger partial charge in [-0.1, -0.05) is 25.0 Å². The Bertz CT molecular complexity index is 1470. The van der Waals surface area contributed by atoms with Gasteiger partial charge in [0.05, 0.1) is 13.1 Å². The maximum atomic E-state index is 13.9. The Morgan fingerprint density at radius 3 is 1.77 bits per heavy atom. The predicted octanol–water partition coefficient (Wildman–Crippen LogP) is 6.69. The van der Waals surface area contributed by atoms with E-state index >= 15 is 0 Å². The number of carbonyl (C=O) groups is 2. The summed E-state index contributed by atoms with van der Waals surface area (Å²) in [4.78, 5) is 30.8. The summed E-state index contributed by atoms with van der Waals surface area (Å²) in [5.74, 6) is -4.36. The van der Waals surface area contributed by atoms with Crippen molar-refractivity contribution in [2.45, 2.75) is 25.7 Å². The molecule has 0 aromatic heterocycles. The monoisotopic (exact) mass is 592 g/mol. The van der Waals surface area contributed by atoms with Crippen LogP contribution in [0.1, 0.15) is 47.2 Å². The molecule has 0 spiro atoms. The summed E-state index contributed by atoms with van der Waals surface area (Å²) >= 11 is 0. The first-order valence-electron chi connectivity index (χ1n) is 14.4. The van der Waals surface area contributed by atoms with E-state index in [1.807, 2.05) is 0 Å². The number of Topliss-reactive ketones (excluding diaryl/α,β-unsaturated/α-hetero) is 1. The Labute approximate surface area is 248 Å². The standard InChI is InChI=1S/C34H32F4N2O3/c35-29-11-5-23(19-31(29)37)17-26-21-40(22-27(33(26)41)18-24-6-12-30(36)32(38)20-24)34(42)25-7-9-28(10-8-25)43-16-15-39-13-3-1-2-4-14-39/h5-12,17-20H,1-4,13-16,21-22H2/b26-17+,27-18+. The number of hydrogen-bond donors (Lipinski definition) is 0. The van der Waals surface area contributed by atoms with Crippen molar-refractivity contribution in [2.24, 2.45) is 0 Å². The maximum absolute atomic E-state index is 13.9. The minimum Gasteiger partial charge on any atom is -0.492 e. The second-order valence-corrected chi connectivity index (χ2v) is 10.8. The first-order chi connectivity index (χ1) is 20.8. The van der Waals surface area contributed by atoms with E-state index in [1.54, 1.807) is 24.3 Å². The molecule has 9 heteroatoms. The molecule has 1 amide bonds. The zero-order valence-corrected chi connectivity index (χ0v) is 23.6. The van der Waals surface area contributed by atoms with Crippen molar-refractivity contribution in [3.05, 3.63) is 112 Å². The highest BCUT2D eigenvalue weighted by Gasteiger charge is 2.30. The second-order valence-electron chi connectivity index (χ2n) is 10.8. The zero-order chi connectivity index (χ0) is 30.3. The molecule has 0 aliphatic carbocycles. The number of halogens is 4. The zero-order valence-electron chi connectivity index (χ0n) is 23.6. The topological polar surface area (TPSA) is 49.9 Å². The maximum Gasteiger partial charge on any atom is 0.254 e. The molecule has 2 saturated heterocycles. The normalized spacial score (nSPS) is 18.2. The van der Waals surface area contributed by atoms with Crippen molar-refractivity contribution >= 4 is 23.8 Å². The summed E-state index contributed by atoms with van der Waals surface area (Å²) in [6.07, 6.45) is 7.72. The second kappa shape index (κ2) is 13.8. The lowest BCUT2D eigenvalue weighted by Gasteiger charge is -2.30. The lowest BCUT2D eigenvalue weighted by molar-refractivity contribution is -0.113. The van der Waals surface area contributed by atoms with Crippen LogP contribution in [0.3, 0.4) is 0 Å². The SMILES string of the molecule is O=C1/C(=C/c2ccc(F)c(F)c2)CN(C(=O)c2ccc(OCCN3CCCCCC3)cc2)C/C1=C\c1ccc(F)c(F)c1. The number of piperidine rings is 1. The van der Waals surface area contributed by atoms with E-state index in [0.29, 0.717) is 17.9 Å². The van der Waals surface area contributed by atoms with Gasteiger partial charge in [0.25, 0.3) is 5.91 Å². The summed E-state index contributed by atoms with van der Waals surface area (Å²) in [5, 5.41) is 0. The molecule has 224 valence electrons. The summed E-state index contributed by atoms with van der Waals surface area (Å²) < 4.78 is 60.6. The average Bonchev–Trinajstić information content (AvgIpc) is 3.28. The van der Waals surface area contributed by atoms with Crippen LogP contribution in [0.4, 0.5) is 17.6 Å². The lowest BCUT2D eigenvalue weighted by atomic mass is 9.93. The summed E-state index contributed by atoms with van der Waals surface area (Å²) in [7, 11) is 0. The van der Waals surface area contributed by atoms with Crippen LogP contribution >= 0.6 is 0 Å². The summed E-state index contributed by atoms with van der Waals surface area (Å²) in [6, 6.07) is 13.2. The first kappa shape index (κ1) is 30.2. The molecule has 3 aromatic carbocycles. The molecular weight excluding hydrogens is 560 g/mol. The van der Waals surface area contributed by atoms with Gasteiger partial charge < -0.3 is 9.64 Å². The molecule has 3 aromatic rings. The Balaban J connectivity index is 1.34. The highest BCUT2D eigenvalue weighted by molar-refractivity contribution is 6.15. The Kier molecular flexibility index (Phi) is 9.72. The minimum atomic E-state index is -1.07. The summed E-state index contributed by atoms with van der Waals surface area (Å²) in [6.45, 7) is 3.36. The van der Waals surface area contributed by atoms with Gasteiger partial charge in [-0.3, -0.25) is 14.5 Å². The molecule has 0 radical (unpaired) electrons. The number of nitrogens with zero attached hydrogens (tertiary/aromatic N) is 2. The molecule has 2 fully saturated rings. The third-order valence-corrected chi connectivity index (χ3v) is 7.64. The van der Waals surface area contributed by atoms with Crippen molar-refractivity contribution in [1.82, 2.24) is 9.80 Å². The van der Waals surface area contributed by atoms with Gasteiger partial charge in [-0.25, -0.2) is 17.6 Å². The molecule has 0 atom stereocenters. The molecule has 2 heterocycles. The average molecular weight is 593 g/mol. The van der Waals surface area contributed by atoms with Crippen LogP contribution in [-0.4, -0.2) is 60.8 Å². The third-order valence-electron chi connectivity index (χ3n) is 7.64. The van der Waals surface area contributed by atoms with Crippen molar-refractivity contribution < 1.29 is 31.9 Å². The van der Waals surface area contributed by atoms with Gasteiger partial charge in [-0.05, 0) is 97.7 Å². The molecule has 5 rings (SSSR count). The van der Waals surface area contributed by atoms with E-state index in [0.717, 1.165) is 43.9 Å². The van der Waals surface area contributed by atoms with Crippen LogP contribution in [0.25, 0.3) is 12.2 Å². The van der Waals surface area contributed by atoms with Crippen molar-refractivity contribution in [3.8, 4) is 5.75 Å². The van der Waals surface area contributed by atoms with E-state index < -0.39 is 29.1 Å². The molecule has 2 aliphatic rings. The Morgan fingerprint density at radius 1 is 0.721 bits per heavy atom. The minimum absolute atomic E-state index is 0.0835. The van der Waals surface area contributed by atoms with Gasteiger partial charge in [0.1, 0.15) is 12.4 Å². The number of benzene rings is 3. The molecule has 0 unspecified atom stereocenters. The van der Waals surface area contributed by atoms with Crippen LogP contribution in [0, 0.1) is 23.3 Å². The number of carbonyl (C=O) groups excluding carboxylic acids is 2. The van der Waals surface area contributed by atoms with Crippen molar-refractivity contribution in [3.63, 3.8) is 0 Å². The number of hydrogen-bond acceptors (Lipinski definition) is 4. The fourth-order valence-electron chi connectivity index (χ4n) is 5.32. The molecule has 0 N–H and O–H groups in total. The molecular formula is C34H32F4N2O3. The predicted molar refractivity (Wildman–Crippen MR) is 156 cm³/mol. The largest absolute Gasteiger partial charge is 0.492 e. The van der Waals surface area contributed by atoms with Gasteiger partial charge >= 0.3 is 0 Å². The molecule has 43 heavy (non-hydrogen) atoms. The fraction of sp³-hybridized carbons (Fsp3) is 0.294. The van der Waals surface area contributed by atoms with Crippen LogP contribution in [-0.2, 0) is 4.79 Å². The molecule has 2 aliphatic heterocycles. The van der Waals surface area contributed by atoms with E-state index in [9.17, 15) is 27.2 Å². The van der Waals surface area contributed by atoms with Crippen LogP contribution in [0.15, 0.2) is 71.8 Å². The van der Waals surface area contributed by atoms with Crippen molar-refractivity contribution in [2.75, 3.05) is 39.3 Å². The van der Waals surface area contributed by atoms with Gasteiger partial charge in [-0.2, -0.15) is 0 Å². The smallest absolute Gasteiger partial charge is 0.254 e. The van der Waals surface area contributed by atoms with Crippen LogP contribution in [0.2, 0.25) is 0 Å². The highest BCUT2D eigenvalue weighted by atomic mass is 19.2. The highest BCUT2D eigenvalue weighted by Crippen LogP contribution is 2.25.